The fourth-order valence-corrected chi connectivity index (χ4v) is 4.69. The van der Waals surface area contributed by atoms with E-state index in [0.29, 0.717) is 6.04 Å². The van der Waals surface area contributed by atoms with Crippen molar-refractivity contribution in [2.24, 2.45) is 5.41 Å². The monoisotopic (exact) mass is 352 g/mol. The first-order valence-corrected chi connectivity index (χ1v) is 9.48. The molecule has 0 unspecified atom stereocenters. The lowest BCUT2D eigenvalue weighted by molar-refractivity contribution is -0.212. The molecule has 4 rings (SSSR count). The van der Waals surface area contributed by atoms with Crippen molar-refractivity contribution in [3.63, 3.8) is 0 Å². The van der Waals surface area contributed by atoms with Crippen LogP contribution >= 0.6 is 0 Å². The van der Waals surface area contributed by atoms with Crippen molar-refractivity contribution < 1.29 is 10.2 Å². The highest BCUT2D eigenvalue weighted by molar-refractivity contribution is 5.46. The normalized spacial score (nSPS) is 28.6. The minimum Gasteiger partial charge on any atom is -0.508 e. The van der Waals surface area contributed by atoms with Crippen molar-refractivity contribution in [3.05, 3.63) is 60.2 Å². The molecule has 2 aromatic carbocycles. The first-order valence-electron chi connectivity index (χ1n) is 9.48. The van der Waals surface area contributed by atoms with E-state index in [-0.39, 0.29) is 11.2 Å². The molecule has 2 N–H and O–H groups in total. The summed E-state index contributed by atoms with van der Waals surface area (Å²) in [6.07, 6.45) is 0.746. The van der Waals surface area contributed by atoms with Crippen LogP contribution in [0.2, 0.25) is 0 Å². The van der Waals surface area contributed by atoms with E-state index in [1.54, 1.807) is 12.1 Å². The molecule has 4 nitrogen and oxygen atoms in total. The smallest absolute Gasteiger partial charge is 0.115 e. The molecule has 1 heterocycles. The third kappa shape index (κ3) is 2.68. The highest BCUT2D eigenvalue weighted by Gasteiger charge is 2.61. The zero-order valence-corrected chi connectivity index (χ0v) is 15.6. The summed E-state index contributed by atoms with van der Waals surface area (Å²) >= 11 is 0. The number of phenols is 1. The number of aliphatic hydroxyl groups is 1. The summed E-state index contributed by atoms with van der Waals surface area (Å²) in [6.45, 7) is 8.42. The lowest BCUT2D eigenvalue weighted by atomic mass is 9.52. The van der Waals surface area contributed by atoms with Gasteiger partial charge in [-0.3, -0.25) is 4.90 Å². The Morgan fingerprint density at radius 3 is 2.08 bits per heavy atom. The van der Waals surface area contributed by atoms with Crippen molar-refractivity contribution >= 4 is 5.69 Å². The van der Waals surface area contributed by atoms with Gasteiger partial charge in [-0.25, -0.2) is 0 Å². The summed E-state index contributed by atoms with van der Waals surface area (Å²) in [7, 11) is 0. The van der Waals surface area contributed by atoms with Gasteiger partial charge in [0, 0.05) is 43.3 Å². The van der Waals surface area contributed by atoms with Crippen LogP contribution in [0.25, 0.3) is 0 Å². The predicted molar refractivity (Wildman–Crippen MR) is 104 cm³/mol. The number of para-hydroxylation sites is 1. The number of nitrogens with zero attached hydrogens (tertiary/aromatic N) is 2. The molecule has 1 saturated carbocycles. The van der Waals surface area contributed by atoms with Gasteiger partial charge in [0.2, 0.25) is 0 Å². The minimum atomic E-state index is -0.831. The number of phenolic OH excluding ortho intramolecular Hbond substituents is 1. The third-order valence-corrected chi connectivity index (χ3v) is 6.61. The van der Waals surface area contributed by atoms with Crippen LogP contribution in [0, 0.1) is 5.41 Å². The van der Waals surface area contributed by atoms with E-state index in [1.165, 1.54) is 5.69 Å². The number of rotatable bonds is 3. The summed E-state index contributed by atoms with van der Waals surface area (Å²) in [5.74, 6) is 0.239. The first kappa shape index (κ1) is 17.4. The molecule has 2 atom stereocenters. The van der Waals surface area contributed by atoms with Gasteiger partial charge in [0.15, 0.2) is 0 Å². The maximum Gasteiger partial charge on any atom is 0.115 e. The van der Waals surface area contributed by atoms with Gasteiger partial charge in [-0.05, 0) is 36.2 Å². The van der Waals surface area contributed by atoms with Crippen molar-refractivity contribution in [3.8, 4) is 5.75 Å². The van der Waals surface area contributed by atoms with Crippen LogP contribution in [0.15, 0.2) is 54.6 Å². The molecule has 0 spiro atoms. The minimum absolute atomic E-state index is 0.223. The summed E-state index contributed by atoms with van der Waals surface area (Å²) in [6, 6.07) is 18.0. The molecule has 0 radical (unpaired) electrons. The molecule has 2 aromatic rings. The van der Waals surface area contributed by atoms with Crippen LogP contribution in [0.4, 0.5) is 5.69 Å². The van der Waals surface area contributed by atoms with Crippen molar-refractivity contribution in [2.75, 3.05) is 31.1 Å². The van der Waals surface area contributed by atoms with Gasteiger partial charge in [0.25, 0.3) is 0 Å². The molecule has 0 bridgehead atoms. The molecule has 1 saturated heterocycles. The third-order valence-electron chi connectivity index (χ3n) is 6.61. The highest BCUT2D eigenvalue weighted by Crippen LogP contribution is 2.58. The first-order chi connectivity index (χ1) is 12.4. The maximum absolute atomic E-state index is 11.3. The molecule has 1 aliphatic heterocycles. The highest BCUT2D eigenvalue weighted by atomic mass is 16.3. The van der Waals surface area contributed by atoms with Crippen LogP contribution in [-0.2, 0) is 5.60 Å². The van der Waals surface area contributed by atoms with Crippen LogP contribution in [0.3, 0.4) is 0 Å². The van der Waals surface area contributed by atoms with Gasteiger partial charge in [-0.15, -0.1) is 0 Å². The van der Waals surface area contributed by atoms with Crippen molar-refractivity contribution in [1.29, 1.82) is 0 Å². The van der Waals surface area contributed by atoms with Gasteiger partial charge >= 0.3 is 0 Å². The van der Waals surface area contributed by atoms with Crippen molar-refractivity contribution in [1.82, 2.24) is 4.90 Å². The van der Waals surface area contributed by atoms with E-state index >= 15 is 0 Å². The Labute approximate surface area is 155 Å². The number of piperazine rings is 1. The van der Waals surface area contributed by atoms with Crippen LogP contribution < -0.4 is 4.90 Å². The van der Waals surface area contributed by atoms with Gasteiger partial charge in [0.1, 0.15) is 5.75 Å². The summed E-state index contributed by atoms with van der Waals surface area (Å²) in [4.78, 5) is 4.97. The van der Waals surface area contributed by atoms with Gasteiger partial charge in [-0.1, -0.05) is 44.2 Å². The lowest BCUT2D eigenvalue weighted by Crippen LogP contribution is -2.69. The SMILES string of the molecule is CC1(C)[C@@H](N2CCN(c3ccccc3)CC2)C[C@@]1(O)c1ccc(O)cc1. The molecule has 4 heteroatoms. The maximum atomic E-state index is 11.3. The quantitative estimate of drug-likeness (QED) is 0.891. The predicted octanol–water partition coefficient (Wildman–Crippen LogP) is 3.20. The number of hydrogen-bond donors (Lipinski definition) is 2. The average molecular weight is 352 g/mol. The number of hydrogen-bond acceptors (Lipinski definition) is 4. The fraction of sp³-hybridized carbons (Fsp3) is 0.455. The lowest BCUT2D eigenvalue weighted by Gasteiger charge is -2.63. The second-order valence-electron chi connectivity index (χ2n) is 8.21. The van der Waals surface area contributed by atoms with Crippen molar-refractivity contribution in [2.45, 2.75) is 31.9 Å². The Morgan fingerprint density at radius 1 is 0.885 bits per heavy atom. The van der Waals surface area contributed by atoms with Gasteiger partial charge in [0.05, 0.1) is 5.60 Å². The number of benzene rings is 2. The Morgan fingerprint density at radius 2 is 1.50 bits per heavy atom. The number of aromatic hydroxyl groups is 1. The summed E-state index contributed by atoms with van der Waals surface area (Å²) in [5.41, 5.74) is 1.14. The van der Waals surface area contributed by atoms with Crippen LogP contribution in [0.5, 0.6) is 5.75 Å². The zero-order valence-electron chi connectivity index (χ0n) is 15.6. The summed E-state index contributed by atoms with van der Waals surface area (Å²) in [5, 5.41) is 20.8. The Bertz CT molecular complexity index is 751. The van der Waals surface area contributed by atoms with Gasteiger partial charge < -0.3 is 15.1 Å². The topological polar surface area (TPSA) is 46.9 Å². The Balaban J connectivity index is 1.43. The van der Waals surface area contributed by atoms with E-state index in [2.05, 4.69) is 54.0 Å². The number of anilines is 1. The molecular formula is C22H28N2O2. The second kappa shape index (κ2) is 6.29. The average Bonchev–Trinajstić information content (AvgIpc) is 2.67. The van der Waals surface area contributed by atoms with Crippen LogP contribution in [0.1, 0.15) is 25.8 Å². The molecule has 2 aliphatic rings. The summed E-state index contributed by atoms with van der Waals surface area (Å²) < 4.78 is 0. The molecule has 1 aliphatic carbocycles. The largest absolute Gasteiger partial charge is 0.508 e. The molecule has 26 heavy (non-hydrogen) atoms. The Hall–Kier alpha value is -2.04. The van der Waals surface area contributed by atoms with E-state index in [1.807, 2.05) is 12.1 Å². The molecule has 138 valence electrons. The Kier molecular flexibility index (Phi) is 4.20. The van der Waals surface area contributed by atoms with E-state index < -0.39 is 5.60 Å². The molecule has 0 amide bonds. The second-order valence-corrected chi connectivity index (χ2v) is 8.21. The standard InChI is InChI=1S/C22H28N2O2/c1-21(2)20(16-22(21,26)17-8-10-19(25)11-9-17)24-14-12-23(13-15-24)18-6-4-3-5-7-18/h3-11,20,25-26H,12-16H2,1-2H3/t20-,22+/m0/s1. The fourth-order valence-electron chi connectivity index (χ4n) is 4.69. The van der Waals surface area contributed by atoms with Crippen LogP contribution in [-0.4, -0.2) is 47.3 Å². The molecule has 0 aromatic heterocycles. The zero-order chi connectivity index (χ0) is 18.4. The van der Waals surface area contributed by atoms with E-state index in [4.69, 9.17) is 0 Å². The van der Waals surface area contributed by atoms with E-state index in [9.17, 15) is 10.2 Å². The van der Waals surface area contributed by atoms with Gasteiger partial charge in [-0.2, -0.15) is 0 Å². The van der Waals surface area contributed by atoms with E-state index in [0.717, 1.165) is 38.2 Å². The molecule has 2 fully saturated rings. The molecular weight excluding hydrogens is 324 g/mol.